The number of thiophene rings is 1. The molecule has 0 saturated carbocycles. The van der Waals surface area contributed by atoms with Gasteiger partial charge in [0.2, 0.25) is 0 Å². The molecular weight excluding hydrogens is 216 g/mol. The highest BCUT2D eigenvalue weighted by Crippen LogP contribution is 2.31. The van der Waals surface area contributed by atoms with Crippen LogP contribution in [0.5, 0.6) is 0 Å². The Bertz CT molecular complexity index is 289. The lowest BCUT2D eigenvalue weighted by Crippen LogP contribution is -2.42. The Balaban J connectivity index is 1.78. The molecule has 0 atom stereocenters. The summed E-state index contributed by atoms with van der Waals surface area (Å²) in [5.74, 6) is 0. The minimum atomic E-state index is 0.543. The lowest BCUT2D eigenvalue weighted by atomic mass is 9.76. The van der Waals surface area contributed by atoms with Crippen LogP contribution in [0.4, 0.5) is 0 Å². The van der Waals surface area contributed by atoms with E-state index in [2.05, 4.69) is 34.4 Å². The van der Waals surface area contributed by atoms with Gasteiger partial charge >= 0.3 is 0 Å². The zero-order valence-electron chi connectivity index (χ0n) is 10.1. The first-order chi connectivity index (χ1) is 7.85. The normalized spacial score (nSPS) is 19.8. The van der Waals surface area contributed by atoms with Crippen LogP contribution in [0, 0.1) is 5.41 Å². The van der Waals surface area contributed by atoms with E-state index in [1.807, 2.05) is 0 Å². The number of hydrogen-bond donors (Lipinski definition) is 2. The van der Waals surface area contributed by atoms with Gasteiger partial charge in [-0.2, -0.15) is 11.3 Å². The van der Waals surface area contributed by atoms with Crippen molar-refractivity contribution in [2.45, 2.75) is 32.7 Å². The van der Waals surface area contributed by atoms with Gasteiger partial charge in [0, 0.05) is 13.1 Å². The number of piperidine rings is 1. The smallest absolute Gasteiger partial charge is 0.0213 e. The minimum absolute atomic E-state index is 0.543. The van der Waals surface area contributed by atoms with Gasteiger partial charge in [-0.15, -0.1) is 0 Å². The van der Waals surface area contributed by atoms with Crippen molar-refractivity contribution >= 4 is 11.3 Å². The zero-order valence-corrected chi connectivity index (χ0v) is 10.9. The summed E-state index contributed by atoms with van der Waals surface area (Å²) in [4.78, 5) is 0. The molecule has 3 heteroatoms. The van der Waals surface area contributed by atoms with Gasteiger partial charge in [0.15, 0.2) is 0 Å². The van der Waals surface area contributed by atoms with Gasteiger partial charge < -0.3 is 10.6 Å². The third kappa shape index (κ3) is 3.06. The summed E-state index contributed by atoms with van der Waals surface area (Å²) in [5, 5.41) is 11.5. The highest BCUT2D eigenvalue weighted by Gasteiger charge is 2.29. The highest BCUT2D eigenvalue weighted by atomic mass is 32.1. The summed E-state index contributed by atoms with van der Waals surface area (Å²) in [6.07, 6.45) is 3.94. The SMILES string of the molecule is CCC1(CNCc2ccsc2)CCNCC1. The molecule has 0 radical (unpaired) electrons. The fourth-order valence-electron chi connectivity index (χ4n) is 2.48. The van der Waals surface area contributed by atoms with Gasteiger partial charge in [0.25, 0.3) is 0 Å². The monoisotopic (exact) mass is 238 g/mol. The second-order valence-corrected chi connectivity index (χ2v) is 5.62. The van der Waals surface area contributed by atoms with Gasteiger partial charge in [0.05, 0.1) is 0 Å². The Labute approximate surface area is 102 Å². The van der Waals surface area contributed by atoms with E-state index in [4.69, 9.17) is 0 Å². The molecule has 0 spiro atoms. The maximum Gasteiger partial charge on any atom is 0.0213 e. The van der Waals surface area contributed by atoms with Crippen LogP contribution in [-0.4, -0.2) is 19.6 Å². The Hall–Kier alpha value is -0.380. The Morgan fingerprint density at radius 3 is 2.88 bits per heavy atom. The highest BCUT2D eigenvalue weighted by molar-refractivity contribution is 7.07. The second-order valence-electron chi connectivity index (χ2n) is 4.84. The van der Waals surface area contributed by atoms with Crippen molar-refractivity contribution in [3.8, 4) is 0 Å². The Morgan fingerprint density at radius 2 is 2.25 bits per heavy atom. The van der Waals surface area contributed by atoms with E-state index in [-0.39, 0.29) is 0 Å². The van der Waals surface area contributed by atoms with Crippen LogP contribution in [0.2, 0.25) is 0 Å². The number of rotatable bonds is 5. The molecule has 0 unspecified atom stereocenters. The first kappa shape index (κ1) is 12.1. The average molecular weight is 238 g/mol. The van der Waals surface area contributed by atoms with Crippen LogP contribution in [0.3, 0.4) is 0 Å². The minimum Gasteiger partial charge on any atom is -0.317 e. The summed E-state index contributed by atoms with van der Waals surface area (Å²) >= 11 is 1.78. The fourth-order valence-corrected chi connectivity index (χ4v) is 3.15. The lowest BCUT2D eigenvalue weighted by Gasteiger charge is -2.37. The van der Waals surface area contributed by atoms with Crippen LogP contribution in [0.15, 0.2) is 16.8 Å². The predicted molar refractivity (Wildman–Crippen MR) is 70.9 cm³/mol. The average Bonchev–Trinajstić information content (AvgIpc) is 2.83. The van der Waals surface area contributed by atoms with E-state index >= 15 is 0 Å². The van der Waals surface area contributed by atoms with E-state index in [1.54, 1.807) is 11.3 Å². The lowest BCUT2D eigenvalue weighted by molar-refractivity contribution is 0.185. The Morgan fingerprint density at radius 1 is 1.44 bits per heavy atom. The van der Waals surface area contributed by atoms with E-state index in [0.29, 0.717) is 5.41 Å². The van der Waals surface area contributed by atoms with E-state index in [9.17, 15) is 0 Å². The largest absolute Gasteiger partial charge is 0.317 e. The summed E-state index contributed by atoms with van der Waals surface area (Å²) < 4.78 is 0. The molecule has 90 valence electrons. The summed E-state index contributed by atoms with van der Waals surface area (Å²) in [6, 6.07) is 2.21. The second kappa shape index (κ2) is 5.80. The van der Waals surface area contributed by atoms with E-state index in [1.165, 1.54) is 44.5 Å². The Kier molecular flexibility index (Phi) is 4.38. The van der Waals surface area contributed by atoms with Gasteiger partial charge in [-0.05, 0) is 60.2 Å². The van der Waals surface area contributed by atoms with Crippen molar-refractivity contribution in [2.24, 2.45) is 5.41 Å². The van der Waals surface area contributed by atoms with Crippen molar-refractivity contribution in [2.75, 3.05) is 19.6 Å². The molecule has 0 amide bonds. The molecule has 2 N–H and O–H groups in total. The van der Waals surface area contributed by atoms with Crippen molar-refractivity contribution < 1.29 is 0 Å². The first-order valence-corrected chi connectivity index (χ1v) is 7.21. The third-order valence-electron chi connectivity index (χ3n) is 3.82. The molecule has 0 aromatic carbocycles. The molecular formula is C13H22N2S. The van der Waals surface area contributed by atoms with Crippen LogP contribution in [0.25, 0.3) is 0 Å². The van der Waals surface area contributed by atoms with Crippen molar-refractivity contribution in [3.05, 3.63) is 22.4 Å². The number of hydrogen-bond acceptors (Lipinski definition) is 3. The topological polar surface area (TPSA) is 24.1 Å². The third-order valence-corrected chi connectivity index (χ3v) is 4.56. The molecule has 1 aromatic heterocycles. The molecule has 16 heavy (non-hydrogen) atoms. The molecule has 1 saturated heterocycles. The zero-order chi connectivity index (χ0) is 11.3. The molecule has 0 bridgehead atoms. The maximum absolute atomic E-state index is 3.63. The van der Waals surface area contributed by atoms with Crippen LogP contribution in [-0.2, 0) is 6.54 Å². The summed E-state index contributed by atoms with van der Waals surface area (Å²) in [7, 11) is 0. The molecule has 2 rings (SSSR count). The molecule has 1 aromatic rings. The predicted octanol–water partition coefficient (Wildman–Crippen LogP) is 2.62. The van der Waals surface area contributed by atoms with Crippen LogP contribution in [0.1, 0.15) is 31.7 Å². The molecule has 2 heterocycles. The maximum atomic E-state index is 3.63. The standard InChI is InChI=1S/C13H22N2S/c1-2-13(4-6-14-7-5-13)11-15-9-12-3-8-16-10-12/h3,8,10,14-15H,2,4-7,9,11H2,1H3. The first-order valence-electron chi connectivity index (χ1n) is 6.27. The van der Waals surface area contributed by atoms with Crippen molar-refractivity contribution in [1.82, 2.24) is 10.6 Å². The fraction of sp³-hybridized carbons (Fsp3) is 0.692. The molecule has 0 aliphatic carbocycles. The molecule has 1 fully saturated rings. The van der Waals surface area contributed by atoms with Gasteiger partial charge in [0.1, 0.15) is 0 Å². The summed E-state index contributed by atoms with van der Waals surface area (Å²) in [5.41, 5.74) is 1.96. The van der Waals surface area contributed by atoms with Crippen LogP contribution >= 0.6 is 11.3 Å². The van der Waals surface area contributed by atoms with Crippen molar-refractivity contribution in [1.29, 1.82) is 0 Å². The molecule has 1 aliphatic rings. The quantitative estimate of drug-likeness (QED) is 0.824. The number of nitrogens with one attached hydrogen (secondary N) is 2. The summed E-state index contributed by atoms with van der Waals surface area (Å²) in [6.45, 7) is 6.90. The van der Waals surface area contributed by atoms with E-state index in [0.717, 1.165) is 6.54 Å². The van der Waals surface area contributed by atoms with Gasteiger partial charge in [-0.3, -0.25) is 0 Å². The van der Waals surface area contributed by atoms with Crippen molar-refractivity contribution in [3.63, 3.8) is 0 Å². The van der Waals surface area contributed by atoms with Crippen LogP contribution < -0.4 is 10.6 Å². The van der Waals surface area contributed by atoms with Gasteiger partial charge in [-0.25, -0.2) is 0 Å². The van der Waals surface area contributed by atoms with E-state index < -0.39 is 0 Å². The molecule has 2 nitrogen and oxygen atoms in total. The molecule has 1 aliphatic heterocycles. The van der Waals surface area contributed by atoms with Gasteiger partial charge in [-0.1, -0.05) is 6.92 Å².